The first-order valence-corrected chi connectivity index (χ1v) is 7.41. The third-order valence-corrected chi connectivity index (χ3v) is 6.15. The summed E-state index contributed by atoms with van der Waals surface area (Å²) >= 11 is 0. The molecule has 0 spiro atoms. The fourth-order valence-corrected chi connectivity index (χ4v) is 5.56. The maximum absolute atomic E-state index is 12.2. The number of fused-ring (bicyclic) bond motifs is 3. The van der Waals surface area contributed by atoms with Gasteiger partial charge in [-0.05, 0) is 36.5 Å². The van der Waals surface area contributed by atoms with Crippen LogP contribution in [0.2, 0.25) is 0 Å². The van der Waals surface area contributed by atoms with Crippen molar-refractivity contribution in [3.63, 3.8) is 0 Å². The summed E-state index contributed by atoms with van der Waals surface area (Å²) in [5.74, 6) is 0.998. The molecule has 0 amide bonds. The van der Waals surface area contributed by atoms with E-state index in [0.717, 1.165) is 12.8 Å². The van der Waals surface area contributed by atoms with Crippen LogP contribution in [0.4, 0.5) is 0 Å². The smallest absolute Gasteiger partial charge is 0.306 e. The fraction of sp³-hybridized carbons (Fsp3) is 0.875. The number of carbonyl (C=O) groups is 2. The molecule has 0 bridgehead atoms. The highest BCUT2D eigenvalue weighted by molar-refractivity contribution is 5.81. The zero-order valence-corrected chi connectivity index (χ0v) is 12.4. The monoisotopic (exact) mass is 264 g/mol. The minimum absolute atomic E-state index is 0.0526. The third kappa shape index (κ3) is 1.70. The molecule has 0 radical (unpaired) electrons. The lowest BCUT2D eigenvalue weighted by Crippen LogP contribution is -2.57. The third-order valence-electron chi connectivity index (χ3n) is 6.15. The molecule has 3 heteroatoms. The quantitative estimate of drug-likeness (QED) is 0.631. The molecule has 1 aliphatic heterocycles. The highest BCUT2D eigenvalue weighted by Gasteiger charge is 2.63. The summed E-state index contributed by atoms with van der Waals surface area (Å²) in [6.45, 7) is 8.72. The van der Waals surface area contributed by atoms with Gasteiger partial charge >= 0.3 is 5.97 Å². The molecular formula is C16H24O3. The van der Waals surface area contributed by atoms with E-state index in [-0.39, 0.29) is 28.3 Å². The standard InChI is InChI=1S/C16H24O3/c1-14(2)8-10(17)9-15(3)11(14)5-6-16(4)12(15)7-13(18)19-16/h11-12H,5-9H2,1-4H3/t11-,12+,15-,16+/m0/s1. The van der Waals surface area contributed by atoms with E-state index in [2.05, 4.69) is 27.7 Å². The van der Waals surface area contributed by atoms with Crippen LogP contribution in [-0.4, -0.2) is 17.4 Å². The Hall–Kier alpha value is -0.860. The zero-order valence-electron chi connectivity index (χ0n) is 12.4. The minimum Gasteiger partial charge on any atom is -0.459 e. The maximum atomic E-state index is 12.2. The minimum atomic E-state index is -0.337. The van der Waals surface area contributed by atoms with Gasteiger partial charge in [0.15, 0.2) is 0 Å². The highest BCUT2D eigenvalue weighted by Crippen LogP contribution is 2.64. The van der Waals surface area contributed by atoms with Crippen LogP contribution in [0.25, 0.3) is 0 Å². The molecule has 2 saturated carbocycles. The molecule has 0 aromatic rings. The van der Waals surface area contributed by atoms with E-state index in [1.165, 1.54) is 0 Å². The predicted molar refractivity (Wildman–Crippen MR) is 71.5 cm³/mol. The zero-order chi connectivity index (χ0) is 14.1. The van der Waals surface area contributed by atoms with E-state index in [9.17, 15) is 9.59 Å². The summed E-state index contributed by atoms with van der Waals surface area (Å²) in [5, 5.41) is 0. The number of hydrogen-bond acceptors (Lipinski definition) is 3. The number of rotatable bonds is 0. The molecule has 2 aliphatic carbocycles. The molecule has 4 atom stereocenters. The molecular weight excluding hydrogens is 240 g/mol. The molecule has 3 fully saturated rings. The normalized spacial score (nSPS) is 48.4. The van der Waals surface area contributed by atoms with Gasteiger partial charge in [0.25, 0.3) is 0 Å². The van der Waals surface area contributed by atoms with E-state index in [1.807, 2.05) is 0 Å². The fourth-order valence-electron chi connectivity index (χ4n) is 5.56. The predicted octanol–water partition coefficient (Wildman–Crippen LogP) is 3.11. The second-order valence-corrected chi connectivity index (χ2v) is 8.02. The summed E-state index contributed by atoms with van der Waals surface area (Å²) in [7, 11) is 0. The molecule has 1 heterocycles. The average Bonchev–Trinajstić information content (AvgIpc) is 2.51. The van der Waals surface area contributed by atoms with Gasteiger partial charge in [-0.1, -0.05) is 20.8 Å². The van der Waals surface area contributed by atoms with Crippen LogP contribution >= 0.6 is 0 Å². The molecule has 3 nitrogen and oxygen atoms in total. The first-order valence-electron chi connectivity index (χ1n) is 7.41. The van der Waals surface area contributed by atoms with Gasteiger partial charge in [0.2, 0.25) is 0 Å². The van der Waals surface area contributed by atoms with Gasteiger partial charge in [0.1, 0.15) is 11.4 Å². The number of esters is 1. The van der Waals surface area contributed by atoms with Crippen LogP contribution in [0.5, 0.6) is 0 Å². The largest absolute Gasteiger partial charge is 0.459 e. The number of carbonyl (C=O) groups excluding carboxylic acids is 2. The lowest BCUT2D eigenvalue weighted by Gasteiger charge is -2.58. The van der Waals surface area contributed by atoms with Gasteiger partial charge in [0, 0.05) is 18.8 Å². The van der Waals surface area contributed by atoms with Crippen LogP contribution < -0.4 is 0 Å². The maximum Gasteiger partial charge on any atom is 0.306 e. The number of Topliss-reactive ketones (excluding diaryl/α,β-unsaturated/α-hetero) is 1. The van der Waals surface area contributed by atoms with Crippen molar-refractivity contribution in [1.29, 1.82) is 0 Å². The Morgan fingerprint density at radius 2 is 1.74 bits per heavy atom. The summed E-state index contributed by atoms with van der Waals surface area (Å²) in [6, 6.07) is 0. The van der Waals surface area contributed by atoms with E-state index in [4.69, 9.17) is 4.74 Å². The number of ketones is 1. The second-order valence-electron chi connectivity index (χ2n) is 8.02. The molecule has 0 aromatic carbocycles. The Morgan fingerprint density at radius 1 is 1.05 bits per heavy atom. The molecule has 3 aliphatic rings. The van der Waals surface area contributed by atoms with Gasteiger partial charge in [-0.25, -0.2) is 0 Å². The van der Waals surface area contributed by atoms with Crippen LogP contribution in [-0.2, 0) is 14.3 Å². The Morgan fingerprint density at radius 3 is 2.42 bits per heavy atom. The first kappa shape index (κ1) is 13.1. The average molecular weight is 264 g/mol. The van der Waals surface area contributed by atoms with Crippen LogP contribution in [0.1, 0.15) is 59.8 Å². The molecule has 0 unspecified atom stereocenters. The summed E-state index contributed by atoms with van der Waals surface area (Å²) in [4.78, 5) is 24.0. The van der Waals surface area contributed by atoms with Crippen LogP contribution in [0, 0.1) is 22.7 Å². The van der Waals surface area contributed by atoms with Crippen molar-refractivity contribution in [2.45, 2.75) is 65.4 Å². The molecule has 0 aromatic heterocycles. The van der Waals surface area contributed by atoms with Crippen molar-refractivity contribution in [2.75, 3.05) is 0 Å². The van der Waals surface area contributed by atoms with Crippen molar-refractivity contribution < 1.29 is 14.3 Å². The van der Waals surface area contributed by atoms with Gasteiger partial charge in [-0.15, -0.1) is 0 Å². The van der Waals surface area contributed by atoms with Gasteiger partial charge in [-0.3, -0.25) is 9.59 Å². The van der Waals surface area contributed by atoms with Gasteiger partial charge in [0.05, 0.1) is 6.42 Å². The highest BCUT2D eigenvalue weighted by atomic mass is 16.6. The van der Waals surface area contributed by atoms with Gasteiger partial charge < -0.3 is 4.74 Å². The lowest BCUT2D eigenvalue weighted by molar-refractivity contribution is -0.168. The Balaban J connectivity index is 2.04. The van der Waals surface area contributed by atoms with E-state index < -0.39 is 0 Å². The van der Waals surface area contributed by atoms with Crippen molar-refractivity contribution >= 4 is 11.8 Å². The SMILES string of the molecule is CC1(C)CC(=O)C[C@]2(C)[C@H]3CC(=O)O[C@]3(C)CC[C@@H]12. The van der Waals surface area contributed by atoms with Crippen molar-refractivity contribution in [3.8, 4) is 0 Å². The Bertz CT molecular complexity index is 453. The van der Waals surface area contributed by atoms with E-state index in [0.29, 0.717) is 31.0 Å². The molecule has 0 N–H and O–H groups in total. The Labute approximate surface area is 115 Å². The van der Waals surface area contributed by atoms with E-state index in [1.54, 1.807) is 0 Å². The Kier molecular flexibility index (Phi) is 2.50. The molecule has 19 heavy (non-hydrogen) atoms. The molecule has 1 saturated heterocycles. The summed E-state index contributed by atoms with van der Waals surface area (Å²) < 4.78 is 5.62. The van der Waals surface area contributed by atoms with Crippen LogP contribution in [0.15, 0.2) is 0 Å². The summed E-state index contributed by atoms with van der Waals surface area (Å²) in [5.41, 5.74) is -0.356. The second kappa shape index (κ2) is 3.62. The topological polar surface area (TPSA) is 43.4 Å². The van der Waals surface area contributed by atoms with Crippen molar-refractivity contribution in [3.05, 3.63) is 0 Å². The lowest BCUT2D eigenvalue weighted by atomic mass is 9.45. The van der Waals surface area contributed by atoms with Gasteiger partial charge in [-0.2, -0.15) is 0 Å². The molecule has 106 valence electrons. The van der Waals surface area contributed by atoms with Crippen LogP contribution in [0.3, 0.4) is 0 Å². The van der Waals surface area contributed by atoms with Crippen molar-refractivity contribution in [2.24, 2.45) is 22.7 Å². The first-order chi connectivity index (χ1) is 8.67. The van der Waals surface area contributed by atoms with E-state index >= 15 is 0 Å². The summed E-state index contributed by atoms with van der Waals surface area (Å²) in [6.07, 6.45) is 3.81. The number of ether oxygens (including phenoxy) is 1. The number of hydrogen-bond donors (Lipinski definition) is 0. The van der Waals surface area contributed by atoms with Crippen molar-refractivity contribution in [1.82, 2.24) is 0 Å². The molecule has 3 rings (SSSR count).